The van der Waals surface area contributed by atoms with E-state index >= 15 is 0 Å². The van der Waals surface area contributed by atoms with Crippen LogP contribution in [0.1, 0.15) is 20.8 Å². The first-order valence-electron chi connectivity index (χ1n) is 3.47. The fourth-order valence-electron chi connectivity index (χ4n) is 0.390. The Balaban J connectivity index is 3.41. The van der Waals surface area contributed by atoms with E-state index in [4.69, 9.17) is 4.74 Å². The second-order valence-electron chi connectivity index (χ2n) is 2.18. The molecule has 0 amide bonds. The summed E-state index contributed by atoms with van der Waals surface area (Å²) < 4.78 is 5.01. The lowest BCUT2D eigenvalue weighted by atomic mass is 10.3. The minimum Gasteiger partial charge on any atom is -0.369 e. The van der Waals surface area contributed by atoms with Gasteiger partial charge < -0.3 is 4.74 Å². The maximum Gasteiger partial charge on any atom is 0.108 e. The van der Waals surface area contributed by atoms with Crippen molar-refractivity contribution in [3.05, 3.63) is 11.6 Å². The Kier molecular flexibility index (Phi) is 5.91. The van der Waals surface area contributed by atoms with Crippen LogP contribution in [0, 0.1) is 11.8 Å². The number of allylic oxidation sites excluding steroid dienone is 2. The molecule has 0 heterocycles. The molecule has 0 spiro atoms. The van der Waals surface area contributed by atoms with Crippen molar-refractivity contribution in [3.63, 3.8) is 0 Å². The topological polar surface area (TPSA) is 9.23 Å². The van der Waals surface area contributed by atoms with Gasteiger partial charge in [0.2, 0.25) is 0 Å². The summed E-state index contributed by atoms with van der Waals surface area (Å²) in [5.41, 5.74) is 1.23. The van der Waals surface area contributed by atoms with E-state index in [-0.39, 0.29) is 0 Å². The molecule has 0 aromatic carbocycles. The van der Waals surface area contributed by atoms with Crippen LogP contribution in [-0.2, 0) is 4.74 Å². The molecule has 0 aliphatic carbocycles. The van der Waals surface area contributed by atoms with Gasteiger partial charge in [-0.25, -0.2) is 0 Å². The first-order valence-corrected chi connectivity index (χ1v) is 3.47. The molecule has 10 heavy (non-hydrogen) atoms. The Bertz CT molecular complexity index is 153. The highest BCUT2D eigenvalue weighted by Crippen LogP contribution is 1.84. The zero-order chi connectivity index (χ0) is 7.82. The summed E-state index contributed by atoms with van der Waals surface area (Å²) in [6, 6.07) is 0. The number of ether oxygens (including phenoxy) is 1. The molecule has 56 valence electrons. The van der Waals surface area contributed by atoms with Crippen molar-refractivity contribution in [3.8, 4) is 11.8 Å². The van der Waals surface area contributed by atoms with Crippen molar-refractivity contribution < 1.29 is 4.74 Å². The van der Waals surface area contributed by atoms with E-state index in [9.17, 15) is 0 Å². The summed E-state index contributed by atoms with van der Waals surface area (Å²) in [6.45, 7) is 7.29. The maximum absolute atomic E-state index is 5.01. The second kappa shape index (κ2) is 6.38. The van der Waals surface area contributed by atoms with Crippen LogP contribution in [0.3, 0.4) is 0 Å². The summed E-state index contributed by atoms with van der Waals surface area (Å²) in [7, 11) is 0. The third-order valence-electron chi connectivity index (χ3n) is 0.841. The third kappa shape index (κ3) is 7.26. The van der Waals surface area contributed by atoms with Crippen LogP contribution in [0.15, 0.2) is 11.6 Å². The minimum absolute atomic E-state index is 0.542. The first-order chi connectivity index (χ1) is 4.77. The monoisotopic (exact) mass is 138 g/mol. The average molecular weight is 138 g/mol. The Morgan fingerprint density at radius 2 is 2.20 bits per heavy atom. The molecule has 0 aliphatic rings. The van der Waals surface area contributed by atoms with Crippen molar-refractivity contribution in [2.45, 2.75) is 20.8 Å². The van der Waals surface area contributed by atoms with Crippen molar-refractivity contribution in [1.82, 2.24) is 0 Å². The third-order valence-corrected chi connectivity index (χ3v) is 0.841. The van der Waals surface area contributed by atoms with E-state index in [0.29, 0.717) is 6.61 Å². The van der Waals surface area contributed by atoms with Crippen molar-refractivity contribution in [2.75, 3.05) is 13.2 Å². The summed E-state index contributed by atoms with van der Waals surface area (Å²) in [4.78, 5) is 0. The minimum atomic E-state index is 0.542. The largest absolute Gasteiger partial charge is 0.369 e. The Morgan fingerprint density at radius 3 is 2.70 bits per heavy atom. The number of rotatable bonds is 2. The molecule has 0 fully saturated rings. The van der Waals surface area contributed by atoms with Gasteiger partial charge in [0.15, 0.2) is 0 Å². The van der Waals surface area contributed by atoms with Crippen LogP contribution in [0.25, 0.3) is 0 Å². The van der Waals surface area contributed by atoms with E-state index in [2.05, 4.69) is 11.8 Å². The molecule has 1 heteroatoms. The molecular formula is C9H14O. The lowest BCUT2D eigenvalue weighted by Crippen LogP contribution is -1.87. The fourth-order valence-corrected chi connectivity index (χ4v) is 0.390. The molecule has 0 saturated carbocycles. The Morgan fingerprint density at radius 1 is 1.50 bits per heavy atom. The Hall–Kier alpha value is -0.740. The first kappa shape index (κ1) is 9.26. The summed E-state index contributed by atoms with van der Waals surface area (Å²) >= 11 is 0. The molecule has 0 aromatic rings. The van der Waals surface area contributed by atoms with Gasteiger partial charge in [-0.05, 0) is 26.8 Å². The van der Waals surface area contributed by atoms with E-state index in [0.717, 1.165) is 6.61 Å². The van der Waals surface area contributed by atoms with Crippen molar-refractivity contribution in [2.24, 2.45) is 0 Å². The lowest BCUT2D eigenvalue weighted by Gasteiger charge is -1.87. The highest BCUT2D eigenvalue weighted by atomic mass is 16.5. The van der Waals surface area contributed by atoms with E-state index in [1.54, 1.807) is 0 Å². The van der Waals surface area contributed by atoms with Crippen LogP contribution in [0.2, 0.25) is 0 Å². The SMILES string of the molecule is CCOCC#CC=C(C)C. The van der Waals surface area contributed by atoms with Crippen molar-refractivity contribution >= 4 is 0 Å². The standard InChI is InChI=1S/C9H14O/c1-4-10-8-6-5-7-9(2)3/h7H,4,8H2,1-3H3. The van der Waals surface area contributed by atoms with Gasteiger partial charge >= 0.3 is 0 Å². The van der Waals surface area contributed by atoms with Gasteiger partial charge in [0.25, 0.3) is 0 Å². The highest BCUT2D eigenvalue weighted by molar-refractivity contribution is 5.18. The number of hydrogen-bond donors (Lipinski definition) is 0. The zero-order valence-electron chi connectivity index (χ0n) is 6.90. The summed E-state index contributed by atoms with van der Waals surface area (Å²) in [5, 5.41) is 0. The van der Waals surface area contributed by atoms with Gasteiger partial charge in [-0.1, -0.05) is 17.4 Å². The van der Waals surface area contributed by atoms with Gasteiger partial charge in [-0.15, -0.1) is 0 Å². The molecule has 0 rings (SSSR count). The van der Waals surface area contributed by atoms with Crippen LogP contribution >= 0.6 is 0 Å². The second-order valence-corrected chi connectivity index (χ2v) is 2.18. The summed E-state index contributed by atoms with van der Waals surface area (Å²) in [6.07, 6.45) is 1.89. The molecule has 0 aliphatic heterocycles. The van der Waals surface area contributed by atoms with E-state index in [1.807, 2.05) is 26.8 Å². The zero-order valence-corrected chi connectivity index (χ0v) is 6.90. The molecular weight excluding hydrogens is 124 g/mol. The number of hydrogen-bond acceptors (Lipinski definition) is 1. The summed E-state index contributed by atoms with van der Waals surface area (Å²) in [5.74, 6) is 5.75. The van der Waals surface area contributed by atoms with E-state index < -0.39 is 0 Å². The smallest absolute Gasteiger partial charge is 0.108 e. The van der Waals surface area contributed by atoms with Gasteiger partial charge in [0.1, 0.15) is 6.61 Å². The van der Waals surface area contributed by atoms with Crippen LogP contribution in [-0.4, -0.2) is 13.2 Å². The average Bonchev–Trinajstić information content (AvgIpc) is 1.87. The van der Waals surface area contributed by atoms with E-state index in [1.165, 1.54) is 5.57 Å². The molecule has 0 unspecified atom stereocenters. The van der Waals surface area contributed by atoms with Gasteiger partial charge in [-0.3, -0.25) is 0 Å². The molecule has 0 bridgehead atoms. The van der Waals surface area contributed by atoms with Crippen molar-refractivity contribution in [1.29, 1.82) is 0 Å². The molecule has 1 nitrogen and oxygen atoms in total. The van der Waals surface area contributed by atoms with Gasteiger partial charge in [0, 0.05) is 6.61 Å². The quantitative estimate of drug-likeness (QED) is 0.419. The van der Waals surface area contributed by atoms with Gasteiger partial charge in [0.05, 0.1) is 0 Å². The molecule has 0 radical (unpaired) electrons. The Labute approximate surface area is 63.1 Å². The van der Waals surface area contributed by atoms with Crippen LogP contribution in [0.5, 0.6) is 0 Å². The van der Waals surface area contributed by atoms with Crippen LogP contribution in [0.4, 0.5) is 0 Å². The van der Waals surface area contributed by atoms with Gasteiger partial charge in [-0.2, -0.15) is 0 Å². The maximum atomic E-state index is 5.01. The normalized spacial score (nSPS) is 7.90. The predicted molar refractivity (Wildman–Crippen MR) is 43.7 cm³/mol. The molecule has 0 aromatic heterocycles. The molecule has 0 N–H and O–H groups in total. The highest BCUT2D eigenvalue weighted by Gasteiger charge is 1.72. The predicted octanol–water partition coefficient (Wildman–Crippen LogP) is 1.99. The molecule has 0 saturated heterocycles. The fraction of sp³-hybridized carbons (Fsp3) is 0.556. The lowest BCUT2D eigenvalue weighted by molar-refractivity contribution is 0.182. The molecule has 0 atom stereocenters. The van der Waals surface area contributed by atoms with Crippen LogP contribution < -0.4 is 0 Å².